The number of esters is 1. The van der Waals surface area contributed by atoms with E-state index in [1.807, 2.05) is 71.0 Å². The first-order valence-electron chi connectivity index (χ1n) is 27.7. The second-order valence-corrected chi connectivity index (χ2v) is 22.5. The fourth-order valence-electron chi connectivity index (χ4n) is 12.7. The Labute approximate surface area is 492 Å². The number of hydrogen-bond donors (Lipinski definition) is 1. The van der Waals surface area contributed by atoms with Crippen LogP contribution in [0, 0.1) is 63.0 Å². The molecular weight excluding hydrogens is 1070 g/mol. The molecule has 0 amide bonds. The summed E-state index contributed by atoms with van der Waals surface area (Å²) in [6.07, 6.45) is 6.32. The van der Waals surface area contributed by atoms with Gasteiger partial charge >= 0.3 is 30.8 Å². The quantitative estimate of drug-likeness (QED) is 0.0518. The number of carbonyl (C=O) groups is 2. The Morgan fingerprint density at radius 2 is 1.01 bits per heavy atom. The summed E-state index contributed by atoms with van der Waals surface area (Å²) in [4.78, 5) is 32.3. The van der Waals surface area contributed by atoms with E-state index in [2.05, 4.69) is 9.97 Å². The van der Waals surface area contributed by atoms with Crippen molar-refractivity contribution in [1.29, 1.82) is 0 Å². The first kappa shape index (κ1) is 62.5. The maximum absolute atomic E-state index is 15.0. The molecule has 2 saturated carbocycles. The van der Waals surface area contributed by atoms with Crippen LogP contribution < -0.4 is 37.8 Å². The van der Waals surface area contributed by atoms with E-state index >= 15 is 0 Å². The number of nitrogens with zero attached hydrogens (tertiary/aromatic N) is 2. The summed E-state index contributed by atoms with van der Waals surface area (Å²) in [5.74, 6) is 0.757. The molecule has 2 saturated heterocycles. The predicted molar refractivity (Wildman–Crippen MR) is 295 cm³/mol. The van der Waals surface area contributed by atoms with Crippen LogP contribution in [0.3, 0.4) is 0 Å². The van der Waals surface area contributed by atoms with Gasteiger partial charge in [0.1, 0.15) is 60.9 Å². The largest absolute Gasteiger partial charge is 1.00 e. The molecule has 4 N–H and O–H groups in total. The van der Waals surface area contributed by atoms with Gasteiger partial charge in [0.05, 0.1) is 18.4 Å². The minimum Gasteiger partial charge on any atom is -0.870 e. The zero-order valence-electron chi connectivity index (χ0n) is 47.6. The number of carboxylic acids is 1. The molecule has 4 aromatic carbocycles. The number of hydrogen-bond acceptors (Lipinski definition) is 12. The Balaban J connectivity index is 0.000000210. The topological polar surface area (TPSA) is 206 Å². The molecule has 83 heavy (non-hydrogen) atoms. The number of fused-ring (bicyclic) bond motifs is 6. The number of carbonyl (C=O) groups excluding carboxylic acids is 1. The van der Waals surface area contributed by atoms with Crippen molar-refractivity contribution in [1.82, 2.24) is 9.97 Å². The Kier molecular flexibility index (Phi) is 19.4. The van der Waals surface area contributed by atoms with Crippen LogP contribution in [0.15, 0.2) is 85.2 Å². The normalized spacial score (nSPS) is 21.5. The van der Waals surface area contributed by atoms with E-state index in [9.17, 15) is 32.3 Å². The van der Waals surface area contributed by atoms with Gasteiger partial charge in [-0.1, -0.05) is 12.1 Å². The summed E-state index contributed by atoms with van der Waals surface area (Å²) in [5, 5.41) is 9.31. The molecule has 436 valence electrons. The van der Waals surface area contributed by atoms with E-state index < -0.39 is 17.3 Å². The molecule has 6 atom stereocenters. The number of aliphatic carboxylic acids is 1. The standard InChI is InChI=1S/C33H35F2NO5.C31H31F2NO5.Li.2H2O/c1-4-39-32(37)31-25-14-22-15-28(36-16-26(22)30(25)31)40-17-23-13-21(5-6-27(23)34)29-19(2)11-24(12-20(29)3)41-18-33(35)7-9-38-10-8-33;1-17-9-22(39-16-31(33)5-7-37-8-6-31)10-18(2)27(17)19-3-4-25(32)21(11-19)15-38-26-13-20-12-23-28(24(20)14-34-26)29(23)30(35)36;;;/h5-6,11-13,15-16,25,30-31H,4,7-10,14,17-18H2,1-3H3;3-4,9-11,13-14,23,28-29H,5-8,12,15-16H2,1-2H3,(H,35,36);;2*1H2/q;;+1;;/p-1/t25-,30-,31+;23-,28-,29+;;;/m11.../s1. The van der Waals surface area contributed by atoms with Crippen molar-refractivity contribution >= 4 is 11.9 Å². The van der Waals surface area contributed by atoms with Crippen LogP contribution in [-0.4, -0.2) is 95.6 Å². The van der Waals surface area contributed by atoms with E-state index in [0.29, 0.717) is 99.5 Å². The molecule has 6 aliphatic rings. The Morgan fingerprint density at radius 1 is 0.614 bits per heavy atom. The summed E-state index contributed by atoms with van der Waals surface area (Å²) in [6.45, 7) is 11.7. The number of benzene rings is 4. The SMILES string of the molecule is CCOC(=O)[C@H]1[C@@H]2Cc3cc(OCc4cc(-c5c(C)cc(OCC6(F)CCOCC6)cc5C)ccc4F)ncc3[C@@H]21.Cc1cc(OCC2(F)CCOCC2)cc(C)c1-c1ccc(F)c(COc2cc3c(cn2)[C@H]2[C@@H](C3)[C@@H]2C(=O)O)c1.O.[Li+].[OH-]. The molecule has 0 unspecified atom stereocenters. The van der Waals surface area contributed by atoms with E-state index in [4.69, 9.17) is 33.2 Å². The van der Waals surface area contributed by atoms with Crippen LogP contribution in [0.1, 0.15) is 100 Å². The van der Waals surface area contributed by atoms with Crippen molar-refractivity contribution in [3.8, 4) is 45.5 Å². The monoisotopic (exact) mass is 1140 g/mol. The maximum atomic E-state index is 15.0. The molecule has 4 aliphatic carbocycles. The van der Waals surface area contributed by atoms with Gasteiger partial charge in [-0.3, -0.25) is 9.59 Å². The van der Waals surface area contributed by atoms with Crippen LogP contribution in [0.5, 0.6) is 23.3 Å². The molecule has 12 rings (SSSR count). The molecule has 19 heteroatoms. The fourth-order valence-corrected chi connectivity index (χ4v) is 12.7. The van der Waals surface area contributed by atoms with Crippen molar-refractivity contribution in [2.24, 2.45) is 23.7 Å². The van der Waals surface area contributed by atoms with Crippen molar-refractivity contribution in [2.45, 2.75) is 110 Å². The van der Waals surface area contributed by atoms with Crippen molar-refractivity contribution < 1.29 is 95.2 Å². The van der Waals surface area contributed by atoms with Gasteiger partial charge in [0.15, 0.2) is 0 Å². The first-order valence-corrected chi connectivity index (χ1v) is 27.7. The van der Waals surface area contributed by atoms with E-state index in [1.165, 1.54) is 12.1 Å². The second kappa shape index (κ2) is 25.8. The summed E-state index contributed by atoms with van der Waals surface area (Å²) in [5.41, 5.74) is 9.81. The van der Waals surface area contributed by atoms with Crippen LogP contribution in [0.2, 0.25) is 0 Å². The van der Waals surface area contributed by atoms with Crippen LogP contribution in [-0.2, 0) is 49.9 Å². The summed E-state index contributed by atoms with van der Waals surface area (Å²) in [7, 11) is 0. The Morgan fingerprint density at radius 3 is 1.41 bits per heavy atom. The Bertz CT molecular complexity index is 3310. The molecule has 4 fully saturated rings. The van der Waals surface area contributed by atoms with Gasteiger partial charge in [-0.05, 0) is 175 Å². The van der Waals surface area contributed by atoms with E-state index in [0.717, 1.165) is 73.2 Å². The molecule has 6 aromatic rings. The third kappa shape index (κ3) is 13.4. The number of aryl methyl sites for hydroxylation is 4. The zero-order valence-corrected chi connectivity index (χ0v) is 47.6. The van der Waals surface area contributed by atoms with Gasteiger partial charge in [0.25, 0.3) is 0 Å². The van der Waals surface area contributed by atoms with Crippen molar-refractivity contribution in [3.63, 3.8) is 0 Å². The summed E-state index contributed by atoms with van der Waals surface area (Å²) < 4.78 is 98.7. The molecular formula is C64H69F4LiN2O12. The number of rotatable bonds is 17. The minimum absolute atomic E-state index is 0. The summed E-state index contributed by atoms with van der Waals surface area (Å²) in [6, 6.07) is 21.3. The van der Waals surface area contributed by atoms with Gasteiger partial charge in [-0.15, -0.1) is 0 Å². The van der Waals surface area contributed by atoms with Crippen molar-refractivity contribution in [3.05, 3.63) is 152 Å². The number of ether oxygens (including phenoxy) is 7. The van der Waals surface area contributed by atoms with Crippen LogP contribution >= 0.6 is 0 Å². The molecule has 0 radical (unpaired) electrons. The fraction of sp³-hybridized carbons (Fsp3) is 0.438. The molecule has 0 bridgehead atoms. The Hall–Kier alpha value is -6.52. The smallest absolute Gasteiger partial charge is 0.870 e. The maximum Gasteiger partial charge on any atom is 1.00 e. The van der Waals surface area contributed by atoms with E-state index in [1.54, 1.807) is 36.7 Å². The number of carboxylic acid groups (broad SMARTS) is 1. The zero-order chi connectivity index (χ0) is 56.0. The van der Waals surface area contributed by atoms with Gasteiger partial charge in [-0.2, -0.15) is 0 Å². The van der Waals surface area contributed by atoms with Gasteiger partial charge < -0.3 is 49.2 Å². The van der Waals surface area contributed by atoms with Crippen LogP contribution in [0.4, 0.5) is 17.6 Å². The predicted octanol–water partition coefficient (Wildman–Crippen LogP) is 8.38. The van der Waals surface area contributed by atoms with Crippen molar-refractivity contribution in [2.75, 3.05) is 46.2 Å². The number of halogens is 4. The molecule has 14 nitrogen and oxygen atoms in total. The first-order chi connectivity index (χ1) is 38.5. The van der Waals surface area contributed by atoms with E-state index in [-0.39, 0.29) is 109 Å². The molecule has 4 heterocycles. The van der Waals surface area contributed by atoms with Crippen LogP contribution in [0.25, 0.3) is 22.3 Å². The third-order valence-electron chi connectivity index (χ3n) is 17.0. The average Bonchev–Trinajstić information content (AvgIpc) is 1.73. The molecule has 2 aromatic heterocycles. The third-order valence-corrected chi connectivity index (χ3v) is 17.0. The molecule has 0 spiro atoms. The second-order valence-electron chi connectivity index (χ2n) is 22.5. The number of alkyl halides is 2. The number of pyridine rings is 2. The van der Waals surface area contributed by atoms with Gasteiger partial charge in [0, 0.05) is 99.6 Å². The minimum atomic E-state index is -1.38. The molecule has 2 aliphatic heterocycles. The van der Waals surface area contributed by atoms with Gasteiger partial charge in [0.2, 0.25) is 11.8 Å². The number of aromatic nitrogens is 2. The van der Waals surface area contributed by atoms with Gasteiger partial charge in [-0.25, -0.2) is 27.5 Å². The summed E-state index contributed by atoms with van der Waals surface area (Å²) >= 11 is 0. The average molecular weight is 1140 g/mol.